The zero-order valence-corrected chi connectivity index (χ0v) is 12.7. The minimum atomic E-state index is -0.438. The van der Waals surface area contributed by atoms with Gasteiger partial charge in [0.2, 0.25) is 0 Å². The molecule has 0 spiro atoms. The van der Waals surface area contributed by atoms with E-state index in [1.54, 1.807) is 54.6 Å². The lowest BCUT2D eigenvalue weighted by molar-refractivity contribution is 0.0600. The van der Waals surface area contributed by atoms with Gasteiger partial charge in [-0.15, -0.1) is 0 Å². The van der Waals surface area contributed by atoms with Crippen LogP contribution in [0.5, 0.6) is 5.75 Å². The van der Waals surface area contributed by atoms with Crippen molar-refractivity contribution >= 4 is 17.6 Å². The number of hydrogen-bond acceptors (Lipinski definition) is 4. The highest BCUT2D eigenvalue weighted by Gasteiger charge is 2.09. The highest BCUT2D eigenvalue weighted by molar-refractivity contribution is 6.04. The zero-order chi connectivity index (χ0) is 16.7. The van der Waals surface area contributed by atoms with Crippen LogP contribution in [0.2, 0.25) is 0 Å². The molecule has 23 heavy (non-hydrogen) atoms. The summed E-state index contributed by atoms with van der Waals surface area (Å²) in [5.74, 6) is -0.00132. The molecule has 0 radical (unpaired) electrons. The van der Waals surface area contributed by atoms with Gasteiger partial charge in [-0.25, -0.2) is 4.79 Å². The van der Waals surface area contributed by atoms with E-state index in [1.807, 2.05) is 0 Å². The summed E-state index contributed by atoms with van der Waals surface area (Å²) in [6.45, 7) is 4.01. The molecule has 0 unspecified atom stereocenters. The van der Waals surface area contributed by atoms with Crippen LogP contribution in [0, 0.1) is 0 Å². The van der Waals surface area contributed by atoms with Gasteiger partial charge in [0.15, 0.2) is 0 Å². The largest absolute Gasteiger partial charge is 0.490 e. The van der Waals surface area contributed by atoms with Crippen LogP contribution >= 0.6 is 0 Å². The first-order valence-electron chi connectivity index (χ1n) is 6.97. The van der Waals surface area contributed by atoms with Crippen molar-refractivity contribution < 1.29 is 19.1 Å². The van der Waals surface area contributed by atoms with Gasteiger partial charge in [-0.2, -0.15) is 0 Å². The van der Waals surface area contributed by atoms with Crippen molar-refractivity contribution in [1.29, 1.82) is 0 Å². The molecule has 0 bridgehead atoms. The number of methoxy groups -OCH3 is 1. The molecule has 2 rings (SSSR count). The summed E-state index contributed by atoms with van der Waals surface area (Å²) in [5, 5.41) is 2.77. The third kappa shape index (κ3) is 4.44. The average molecular weight is 311 g/mol. The van der Waals surface area contributed by atoms with E-state index in [-0.39, 0.29) is 5.91 Å². The fourth-order valence-electron chi connectivity index (χ4n) is 1.87. The number of carbonyl (C=O) groups excluding carboxylic acids is 2. The van der Waals surface area contributed by atoms with E-state index >= 15 is 0 Å². The molecule has 0 fully saturated rings. The van der Waals surface area contributed by atoms with Gasteiger partial charge in [-0.05, 0) is 48.5 Å². The Labute approximate surface area is 134 Å². The van der Waals surface area contributed by atoms with Gasteiger partial charge in [0, 0.05) is 11.3 Å². The number of esters is 1. The molecule has 1 N–H and O–H groups in total. The predicted molar refractivity (Wildman–Crippen MR) is 87.9 cm³/mol. The van der Waals surface area contributed by atoms with Crippen molar-refractivity contribution in [2.45, 2.75) is 0 Å². The Hall–Kier alpha value is -3.08. The average Bonchev–Trinajstić information content (AvgIpc) is 2.60. The molecule has 1 amide bonds. The van der Waals surface area contributed by atoms with Crippen LogP contribution in [-0.2, 0) is 4.74 Å². The summed E-state index contributed by atoms with van der Waals surface area (Å²) in [6, 6.07) is 13.3. The molecule has 0 saturated carbocycles. The molecule has 0 aliphatic rings. The number of nitrogens with one attached hydrogen (secondary N) is 1. The van der Waals surface area contributed by atoms with Crippen molar-refractivity contribution in [3.05, 3.63) is 72.3 Å². The van der Waals surface area contributed by atoms with Crippen LogP contribution in [0.25, 0.3) is 0 Å². The van der Waals surface area contributed by atoms with E-state index in [2.05, 4.69) is 16.6 Å². The van der Waals surface area contributed by atoms with Gasteiger partial charge >= 0.3 is 5.97 Å². The number of rotatable bonds is 6. The van der Waals surface area contributed by atoms with Gasteiger partial charge < -0.3 is 14.8 Å². The molecule has 0 aromatic heterocycles. The van der Waals surface area contributed by atoms with E-state index < -0.39 is 5.97 Å². The number of ether oxygens (including phenoxy) is 2. The van der Waals surface area contributed by atoms with Gasteiger partial charge in [0.1, 0.15) is 12.4 Å². The summed E-state index contributed by atoms with van der Waals surface area (Å²) < 4.78 is 9.99. The quantitative estimate of drug-likeness (QED) is 0.657. The lowest BCUT2D eigenvalue weighted by atomic mass is 10.1. The maximum absolute atomic E-state index is 12.1. The molecule has 5 heteroatoms. The van der Waals surface area contributed by atoms with Crippen LogP contribution in [0.15, 0.2) is 61.2 Å². The molecule has 0 aliphatic heterocycles. The van der Waals surface area contributed by atoms with E-state index in [0.717, 1.165) is 0 Å². The highest BCUT2D eigenvalue weighted by atomic mass is 16.5. The van der Waals surface area contributed by atoms with Crippen LogP contribution in [0.3, 0.4) is 0 Å². The Morgan fingerprint density at radius 2 is 1.65 bits per heavy atom. The Bertz CT molecular complexity index is 690. The van der Waals surface area contributed by atoms with E-state index in [1.165, 1.54) is 7.11 Å². The standard InChI is InChI=1S/C18H17NO4/c1-3-12-23-16-10-8-15(9-11-16)19-17(20)13-4-6-14(7-5-13)18(21)22-2/h3-11H,1,12H2,2H3,(H,19,20). The molecule has 2 aromatic rings. The molecular weight excluding hydrogens is 294 g/mol. The molecule has 118 valence electrons. The lowest BCUT2D eigenvalue weighted by Gasteiger charge is -2.07. The Kier molecular flexibility index (Phi) is 5.52. The second-order valence-electron chi connectivity index (χ2n) is 4.65. The van der Waals surface area contributed by atoms with Crippen LogP contribution < -0.4 is 10.1 Å². The summed E-state index contributed by atoms with van der Waals surface area (Å²) in [4.78, 5) is 23.5. The summed E-state index contributed by atoms with van der Waals surface area (Å²) >= 11 is 0. The number of anilines is 1. The maximum Gasteiger partial charge on any atom is 0.337 e. The van der Waals surface area contributed by atoms with Crippen LogP contribution in [0.1, 0.15) is 20.7 Å². The van der Waals surface area contributed by atoms with E-state index in [9.17, 15) is 9.59 Å². The van der Waals surface area contributed by atoms with Crippen molar-refractivity contribution in [2.75, 3.05) is 19.0 Å². The molecule has 0 saturated heterocycles. The predicted octanol–water partition coefficient (Wildman–Crippen LogP) is 3.29. The molecule has 2 aromatic carbocycles. The van der Waals surface area contributed by atoms with E-state index in [4.69, 9.17) is 4.74 Å². The van der Waals surface area contributed by atoms with Crippen LogP contribution in [0.4, 0.5) is 5.69 Å². The first kappa shape index (κ1) is 16.3. The number of carbonyl (C=O) groups is 2. The van der Waals surface area contributed by atoms with Crippen molar-refractivity contribution in [3.63, 3.8) is 0 Å². The number of amides is 1. The van der Waals surface area contributed by atoms with Crippen molar-refractivity contribution in [1.82, 2.24) is 0 Å². The number of hydrogen-bond donors (Lipinski definition) is 1. The summed E-state index contributed by atoms with van der Waals surface area (Å²) in [7, 11) is 1.31. The molecule has 0 heterocycles. The maximum atomic E-state index is 12.1. The first-order chi connectivity index (χ1) is 11.1. The number of benzene rings is 2. The second kappa shape index (κ2) is 7.79. The summed E-state index contributed by atoms with van der Waals surface area (Å²) in [5.41, 5.74) is 1.50. The molecular formula is C18H17NO4. The Morgan fingerprint density at radius 1 is 1.04 bits per heavy atom. The Morgan fingerprint density at radius 3 is 2.22 bits per heavy atom. The lowest BCUT2D eigenvalue weighted by Crippen LogP contribution is -2.12. The van der Waals surface area contributed by atoms with Crippen molar-refractivity contribution in [2.24, 2.45) is 0 Å². The van der Waals surface area contributed by atoms with Gasteiger partial charge in [0.25, 0.3) is 5.91 Å². The molecule has 5 nitrogen and oxygen atoms in total. The monoisotopic (exact) mass is 311 g/mol. The molecule has 0 atom stereocenters. The third-order valence-corrected chi connectivity index (χ3v) is 3.05. The molecule has 0 aliphatic carbocycles. The second-order valence-corrected chi connectivity index (χ2v) is 4.65. The smallest absolute Gasteiger partial charge is 0.337 e. The zero-order valence-electron chi connectivity index (χ0n) is 12.7. The topological polar surface area (TPSA) is 64.6 Å². The fourth-order valence-corrected chi connectivity index (χ4v) is 1.87. The van der Waals surface area contributed by atoms with Gasteiger partial charge in [0.05, 0.1) is 12.7 Å². The Balaban J connectivity index is 2.01. The SMILES string of the molecule is C=CCOc1ccc(NC(=O)c2ccc(C(=O)OC)cc2)cc1. The first-order valence-corrected chi connectivity index (χ1v) is 6.97. The van der Waals surface area contributed by atoms with Gasteiger partial charge in [-0.1, -0.05) is 12.7 Å². The third-order valence-electron chi connectivity index (χ3n) is 3.05. The normalized spacial score (nSPS) is 9.78. The van der Waals surface area contributed by atoms with E-state index in [0.29, 0.717) is 29.2 Å². The van der Waals surface area contributed by atoms with Crippen molar-refractivity contribution in [3.8, 4) is 5.75 Å². The highest BCUT2D eigenvalue weighted by Crippen LogP contribution is 2.16. The summed E-state index contributed by atoms with van der Waals surface area (Å²) in [6.07, 6.45) is 1.66. The minimum Gasteiger partial charge on any atom is -0.490 e. The minimum absolute atomic E-state index is 0.263. The van der Waals surface area contributed by atoms with Gasteiger partial charge in [-0.3, -0.25) is 4.79 Å². The van der Waals surface area contributed by atoms with Crippen LogP contribution in [-0.4, -0.2) is 25.6 Å². The fraction of sp³-hybridized carbons (Fsp3) is 0.111.